The largest absolute Gasteiger partial charge is 0.508 e. The van der Waals surface area contributed by atoms with E-state index in [-0.39, 0.29) is 24.7 Å². The molecule has 1 fully saturated rings. The zero-order chi connectivity index (χ0) is 37.6. The molecule has 1 saturated heterocycles. The summed E-state index contributed by atoms with van der Waals surface area (Å²) in [6.07, 6.45) is -2.64. The predicted molar refractivity (Wildman–Crippen MR) is 176 cm³/mol. The number of carboxylic acid groups (broad SMARTS) is 1. The Morgan fingerprint density at radius 2 is 1.63 bits per heavy atom. The molecule has 5 rings (SSSR count). The van der Waals surface area contributed by atoms with Crippen molar-refractivity contribution in [2.45, 2.75) is 38.0 Å². The SMILES string of the molecule is C[N+]1(Cc2ccc3c(c2)OCO3)CCC/C(=[N+](\C(=O)Nc2ccc(OS(C)(=O)=O)cc2)[C@@H](Cc2ccc(O)cc2)C(N)=O)C1.O=C(O)C(F)(F)F. The molecule has 0 aromatic heterocycles. The minimum absolute atomic E-state index is 0.0838. The number of rotatable bonds is 9. The Labute approximate surface area is 291 Å². The van der Waals surface area contributed by atoms with Crippen molar-refractivity contribution in [1.29, 1.82) is 0 Å². The van der Waals surface area contributed by atoms with Crippen molar-refractivity contribution in [2.75, 3.05) is 38.5 Å². The fourth-order valence-electron chi connectivity index (χ4n) is 5.71. The van der Waals surface area contributed by atoms with Gasteiger partial charge in [0, 0.05) is 24.8 Å². The fraction of sp³-hybridized carbons (Fsp3) is 0.333. The van der Waals surface area contributed by atoms with Gasteiger partial charge in [-0.2, -0.15) is 31.0 Å². The number of quaternary nitrogens is 1. The first kappa shape index (κ1) is 38.4. The number of likely N-dealkylation sites (tertiary alicyclic amines) is 1. The number of phenolic OH excluding ortho intramolecular Hbond substituents is 1. The van der Waals surface area contributed by atoms with Crippen molar-refractivity contribution < 1.29 is 68.9 Å². The number of carboxylic acids is 1. The molecule has 0 spiro atoms. The number of nitrogens with zero attached hydrogens (tertiary/aromatic N) is 2. The molecule has 0 bridgehead atoms. The van der Waals surface area contributed by atoms with E-state index in [4.69, 9.17) is 29.3 Å². The number of phenols is 1. The number of ether oxygens (including phenoxy) is 2. The number of carbonyl (C=O) groups excluding carboxylic acids is 2. The number of hydrogen-bond donors (Lipinski definition) is 4. The number of urea groups is 1. The van der Waals surface area contributed by atoms with Crippen molar-refractivity contribution in [3.63, 3.8) is 0 Å². The molecule has 274 valence electrons. The number of benzene rings is 3. The predicted octanol–water partition coefficient (Wildman–Crippen LogP) is 3.62. The Hall–Kier alpha value is -5.36. The number of halogens is 3. The summed E-state index contributed by atoms with van der Waals surface area (Å²) >= 11 is 0. The first-order valence-corrected chi connectivity index (χ1v) is 17.2. The third-order valence-electron chi connectivity index (χ3n) is 7.89. The van der Waals surface area contributed by atoms with E-state index in [1.54, 1.807) is 12.1 Å². The van der Waals surface area contributed by atoms with Crippen molar-refractivity contribution in [3.05, 3.63) is 77.9 Å². The van der Waals surface area contributed by atoms with Crippen molar-refractivity contribution >= 4 is 39.4 Å². The number of primary amides is 1. The van der Waals surface area contributed by atoms with Gasteiger partial charge in [0.25, 0.3) is 5.91 Å². The third kappa shape index (κ3) is 11.1. The molecule has 18 heteroatoms. The summed E-state index contributed by atoms with van der Waals surface area (Å²) in [7, 11) is -1.60. The maximum atomic E-state index is 14.0. The van der Waals surface area contributed by atoms with Crippen LogP contribution in [-0.2, 0) is 32.7 Å². The van der Waals surface area contributed by atoms with Crippen LogP contribution in [0, 0.1) is 0 Å². The second-order valence-corrected chi connectivity index (χ2v) is 13.8. The van der Waals surface area contributed by atoms with Gasteiger partial charge in [0.1, 0.15) is 36.0 Å². The van der Waals surface area contributed by atoms with Gasteiger partial charge < -0.3 is 34.1 Å². The van der Waals surface area contributed by atoms with Crippen LogP contribution >= 0.6 is 0 Å². The molecule has 2 atom stereocenters. The zero-order valence-corrected chi connectivity index (χ0v) is 28.4. The van der Waals surface area contributed by atoms with E-state index in [2.05, 4.69) is 12.4 Å². The molecule has 14 nitrogen and oxygen atoms in total. The van der Waals surface area contributed by atoms with E-state index in [0.717, 1.165) is 36.1 Å². The lowest BCUT2D eigenvalue weighted by molar-refractivity contribution is -0.918. The van der Waals surface area contributed by atoms with E-state index in [1.807, 2.05) is 18.2 Å². The van der Waals surface area contributed by atoms with Gasteiger partial charge in [-0.1, -0.05) is 12.1 Å². The molecule has 2 aliphatic rings. The van der Waals surface area contributed by atoms with E-state index in [9.17, 15) is 36.3 Å². The Morgan fingerprint density at radius 1 is 1.02 bits per heavy atom. The molecule has 0 saturated carbocycles. The average Bonchev–Trinajstić information content (AvgIpc) is 3.50. The number of nitrogens with two attached hydrogens (primary N) is 1. The highest BCUT2D eigenvalue weighted by atomic mass is 32.2. The van der Waals surface area contributed by atoms with Gasteiger partial charge in [0.2, 0.25) is 6.79 Å². The normalized spacial score (nSPS) is 18.5. The monoisotopic (exact) mass is 738 g/mol. The molecule has 1 unspecified atom stereocenters. The molecule has 3 aromatic rings. The Kier molecular flexibility index (Phi) is 11.8. The van der Waals surface area contributed by atoms with Gasteiger partial charge in [0.05, 0.1) is 19.8 Å². The fourth-order valence-corrected chi connectivity index (χ4v) is 6.17. The first-order chi connectivity index (χ1) is 23.8. The lowest BCUT2D eigenvalue weighted by atomic mass is 10.0. The molecule has 3 amide bonds. The number of nitrogens with one attached hydrogen (secondary N) is 1. The topological polar surface area (TPSA) is 195 Å². The molecule has 0 radical (unpaired) electrons. The van der Waals surface area contributed by atoms with E-state index >= 15 is 0 Å². The highest BCUT2D eigenvalue weighted by Crippen LogP contribution is 2.34. The molecular weight excluding hydrogens is 701 g/mol. The highest BCUT2D eigenvalue weighted by molar-refractivity contribution is 7.86. The van der Waals surface area contributed by atoms with Crippen molar-refractivity contribution in [2.24, 2.45) is 5.73 Å². The minimum atomic E-state index is -5.08. The molecule has 5 N–H and O–H groups in total. The Balaban J connectivity index is 0.000000755. The van der Waals surface area contributed by atoms with Crippen LogP contribution in [0.2, 0.25) is 0 Å². The van der Waals surface area contributed by atoms with E-state index < -0.39 is 40.2 Å². The number of hydrogen-bond acceptors (Lipinski definition) is 9. The quantitative estimate of drug-likeness (QED) is 0.143. The summed E-state index contributed by atoms with van der Waals surface area (Å²) in [5.74, 6) is -1.84. The lowest BCUT2D eigenvalue weighted by Crippen LogP contribution is -2.56. The second kappa shape index (κ2) is 15.7. The Morgan fingerprint density at radius 3 is 2.22 bits per heavy atom. The van der Waals surface area contributed by atoms with E-state index in [0.29, 0.717) is 41.2 Å². The summed E-state index contributed by atoms with van der Waals surface area (Å²) in [5.41, 5.74) is 8.87. The van der Waals surface area contributed by atoms with Crippen LogP contribution in [0.5, 0.6) is 23.0 Å². The van der Waals surface area contributed by atoms with Gasteiger partial charge in [-0.25, -0.2) is 10.1 Å². The first-order valence-electron chi connectivity index (χ1n) is 15.4. The smallest absolute Gasteiger partial charge is 0.496 e. The standard InChI is InChI=1S/C31H34N4O8S.C2HF3O2/c1-35(18-22-7-14-28-29(17-22)42-20-41-28)15-3-4-24(19-35)34(27(30(32)37)16-21-5-10-25(36)11-6-21)31(38)33-23-8-12-26(13-9-23)43-44(2,39)40;3-2(4,5)1(6)7/h5-14,17,27H,3-4,15-16,18-20H2,1-2H3,(H2-2,32,33,36,37,38);(H,6,7)/p+2/b34-24+;/t27-,35?;/m0./s1. The minimum Gasteiger partial charge on any atom is -0.508 e. The number of piperidine rings is 1. The maximum absolute atomic E-state index is 14.0. The number of aliphatic carboxylic acids is 1. The van der Waals surface area contributed by atoms with Gasteiger partial charge in [-0.3, -0.25) is 4.79 Å². The van der Waals surface area contributed by atoms with Gasteiger partial charge in [0.15, 0.2) is 17.5 Å². The molecule has 2 heterocycles. The molecule has 51 heavy (non-hydrogen) atoms. The van der Waals surface area contributed by atoms with Crippen LogP contribution in [0.15, 0.2) is 66.7 Å². The second-order valence-electron chi connectivity index (χ2n) is 12.2. The summed E-state index contributed by atoms with van der Waals surface area (Å²) in [4.78, 5) is 35.9. The molecule has 3 aromatic carbocycles. The third-order valence-corrected chi connectivity index (χ3v) is 8.38. The zero-order valence-electron chi connectivity index (χ0n) is 27.6. The number of carbonyl (C=O) groups is 3. The highest BCUT2D eigenvalue weighted by Gasteiger charge is 2.40. The summed E-state index contributed by atoms with van der Waals surface area (Å²) < 4.78 is 72.7. The maximum Gasteiger partial charge on any atom is 0.496 e. The van der Waals surface area contributed by atoms with Crippen molar-refractivity contribution in [1.82, 2.24) is 0 Å². The van der Waals surface area contributed by atoms with E-state index in [1.165, 1.54) is 41.0 Å². The van der Waals surface area contributed by atoms with Crippen LogP contribution in [-0.4, -0.2) is 96.7 Å². The van der Waals surface area contributed by atoms with Crippen LogP contribution < -0.4 is 24.7 Å². The average molecular weight is 739 g/mol. The van der Waals surface area contributed by atoms with Crippen LogP contribution in [0.3, 0.4) is 0 Å². The lowest BCUT2D eigenvalue weighted by Gasteiger charge is -2.38. The molecular formula is C33H37F3N4O10S+2. The van der Waals surface area contributed by atoms with Gasteiger partial charge in [-0.15, -0.1) is 0 Å². The van der Waals surface area contributed by atoms with Gasteiger partial charge >= 0.3 is 28.3 Å². The van der Waals surface area contributed by atoms with Crippen LogP contribution in [0.4, 0.5) is 23.7 Å². The van der Waals surface area contributed by atoms with Gasteiger partial charge in [-0.05, 0) is 60.2 Å². The molecule has 2 aliphatic heterocycles. The van der Waals surface area contributed by atoms with Crippen LogP contribution in [0.25, 0.3) is 0 Å². The number of amides is 3. The number of anilines is 1. The summed E-state index contributed by atoms with van der Waals surface area (Å²) in [5, 5.41) is 19.7. The molecule has 0 aliphatic carbocycles. The Bertz CT molecular complexity index is 1900. The van der Waals surface area contributed by atoms with Crippen molar-refractivity contribution in [3.8, 4) is 23.0 Å². The summed E-state index contributed by atoms with van der Waals surface area (Å²) in [6, 6.07) is 16.6. The summed E-state index contributed by atoms with van der Waals surface area (Å²) in [6.45, 7) is 2.20. The number of alkyl halides is 3. The number of fused-ring (bicyclic) bond motifs is 1. The number of aromatic hydroxyl groups is 1. The van der Waals surface area contributed by atoms with Crippen LogP contribution in [0.1, 0.15) is 24.0 Å².